The minimum Gasteiger partial charge on any atom is -0.467 e. The van der Waals surface area contributed by atoms with Gasteiger partial charge in [0.2, 0.25) is 5.91 Å². The number of carbonyl (C=O) groups excluding carboxylic acids is 1. The SMILES string of the molecule is CCCNC(=O)C(C)NCC(O)COCc1ccco1. The molecule has 1 amide bonds. The maximum Gasteiger partial charge on any atom is 0.236 e. The van der Waals surface area contributed by atoms with Crippen LogP contribution in [0.15, 0.2) is 22.8 Å². The predicted molar refractivity (Wildman–Crippen MR) is 75.1 cm³/mol. The highest BCUT2D eigenvalue weighted by molar-refractivity contribution is 5.81. The van der Waals surface area contributed by atoms with Crippen molar-refractivity contribution in [2.45, 2.75) is 39.0 Å². The van der Waals surface area contributed by atoms with Crippen molar-refractivity contribution in [2.75, 3.05) is 19.7 Å². The molecule has 0 aliphatic carbocycles. The number of rotatable bonds is 10. The van der Waals surface area contributed by atoms with Crippen LogP contribution in [0.25, 0.3) is 0 Å². The maximum atomic E-state index is 11.6. The zero-order valence-electron chi connectivity index (χ0n) is 12.1. The fourth-order valence-electron chi connectivity index (χ4n) is 1.56. The Hall–Kier alpha value is -1.37. The number of carbonyl (C=O) groups is 1. The Balaban J connectivity index is 2.09. The molecule has 20 heavy (non-hydrogen) atoms. The van der Waals surface area contributed by atoms with E-state index in [2.05, 4.69) is 10.6 Å². The Morgan fingerprint density at radius 1 is 1.55 bits per heavy atom. The first-order valence-corrected chi connectivity index (χ1v) is 6.92. The molecule has 6 heteroatoms. The third kappa shape index (κ3) is 6.70. The third-order valence-electron chi connectivity index (χ3n) is 2.74. The number of nitrogens with one attached hydrogen (secondary N) is 2. The van der Waals surface area contributed by atoms with Gasteiger partial charge in [-0.05, 0) is 25.5 Å². The van der Waals surface area contributed by atoms with Crippen molar-refractivity contribution in [3.63, 3.8) is 0 Å². The number of furan rings is 1. The van der Waals surface area contributed by atoms with E-state index in [1.807, 2.05) is 13.0 Å². The summed E-state index contributed by atoms with van der Waals surface area (Å²) in [5.74, 6) is 0.660. The highest BCUT2D eigenvalue weighted by Gasteiger charge is 2.13. The number of hydrogen-bond donors (Lipinski definition) is 3. The minimum absolute atomic E-state index is 0.0597. The van der Waals surface area contributed by atoms with Crippen molar-refractivity contribution < 1.29 is 19.1 Å². The molecular formula is C14H24N2O4. The third-order valence-corrected chi connectivity index (χ3v) is 2.74. The largest absolute Gasteiger partial charge is 0.467 e. The molecule has 0 aromatic carbocycles. The Bertz CT molecular complexity index is 367. The minimum atomic E-state index is -0.661. The lowest BCUT2D eigenvalue weighted by Gasteiger charge is -2.16. The van der Waals surface area contributed by atoms with Gasteiger partial charge in [0.05, 0.1) is 25.0 Å². The summed E-state index contributed by atoms with van der Waals surface area (Å²) in [5, 5.41) is 15.5. The Labute approximate surface area is 119 Å². The predicted octanol–water partition coefficient (Wildman–Crippen LogP) is 0.661. The quantitative estimate of drug-likeness (QED) is 0.588. The fraction of sp³-hybridized carbons (Fsp3) is 0.643. The molecule has 1 aromatic heterocycles. The van der Waals surface area contributed by atoms with Gasteiger partial charge < -0.3 is 24.9 Å². The van der Waals surface area contributed by atoms with E-state index in [0.717, 1.165) is 12.2 Å². The summed E-state index contributed by atoms with van der Waals surface area (Å²) in [6.07, 6.45) is 1.82. The molecule has 0 spiro atoms. The zero-order chi connectivity index (χ0) is 14.8. The summed E-state index contributed by atoms with van der Waals surface area (Å²) < 4.78 is 10.4. The first kappa shape index (κ1) is 16.7. The molecule has 0 bridgehead atoms. The molecule has 1 heterocycles. The molecule has 1 rings (SSSR count). The van der Waals surface area contributed by atoms with Crippen LogP contribution in [0.2, 0.25) is 0 Å². The highest BCUT2D eigenvalue weighted by atomic mass is 16.5. The van der Waals surface area contributed by atoms with Crippen molar-refractivity contribution in [1.29, 1.82) is 0 Å². The average Bonchev–Trinajstić information content (AvgIpc) is 2.95. The van der Waals surface area contributed by atoms with Crippen LogP contribution in [0.5, 0.6) is 0 Å². The van der Waals surface area contributed by atoms with E-state index in [1.54, 1.807) is 19.3 Å². The smallest absolute Gasteiger partial charge is 0.236 e. The second-order valence-corrected chi connectivity index (χ2v) is 4.67. The molecule has 0 saturated carbocycles. The van der Waals surface area contributed by atoms with E-state index in [4.69, 9.17) is 9.15 Å². The van der Waals surface area contributed by atoms with Crippen LogP contribution in [0.1, 0.15) is 26.0 Å². The maximum absolute atomic E-state index is 11.6. The zero-order valence-corrected chi connectivity index (χ0v) is 12.1. The van der Waals surface area contributed by atoms with Gasteiger partial charge in [-0.3, -0.25) is 4.79 Å². The van der Waals surface area contributed by atoms with Crippen molar-refractivity contribution in [2.24, 2.45) is 0 Å². The molecule has 114 valence electrons. The summed E-state index contributed by atoms with van der Waals surface area (Å²) in [4.78, 5) is 11.6. The molecule has 0 saturated heterocycles. The molecule has 0 fully saturated rings. The van der Waals surface area contributed by atoms with E-state index in [1.165, 1.54) is 0 Å². The van der Waals surface area contributed by atoms with Crippen LogP contribution in [0, 0.1) is 0 Å². The van der Waals surface area contributed by atoms with Gasteiger partial charge in [-0.25, -0.2) is 0 Å². The number of ether oxygens (including phenoxy) is 1. The number of amides is 1. The second kappa shape index (κ2) is 9.52. The molecule has 1 aromatic rings. The van der Waals surface area contributed by atoms with Crippen LogP contribution in [-0.2, 0) is 16.1 Å². The molecular weight excluding hydrogens is 260 g/mol. The van der Waals surface area contributed by atoms with Gasteiger partial charge in [-0.2, -0.15) is 0 Å². The van der Waals surface area contributed by atoms with Crippen LogP contribution in [0.3, 0.4) is 0 Å². The molecule has 2 unspecified atom stereocenters. The fourth-order valence-corrected chi connectivity index (χ4v) is 1.56. The Morgan fingerprint density at radius 2 is 2.35 bits per heavy atom. The summed E-state index contributed by atoms with van der Waals surface area (Å²) in [5.41, 5.74) is 0. The van der Waals surface area contributed by atoms with E-state index in [9.17, 15) is 9.90 Å². The van der Waals surface area contributed by atoms with E-state index in [-0.39, 0.29) is 18.6 Å². The Kier molecular flexibility index (Phi) is 7.94. The number of aliphatic hydroxyl groups is 1. The topological polar surface area (TPSA) is 83.7 Å². The first-order chi connectivity index (χ1) is 9.63. The first-order valence-electron chi connectivity index (χ1n) is 6.92. The van der Waals surface area contributed by atoms with Crippen molar-refractivity contribution in [1.82, 2.24) is 10.6 Å². The molecule has 2 atom stereocenters. The van der Waals surface area contributed by atoms with Crippen LogP contribution >= 0.6 is 0 Å². The highest BCUT2D eigenvalue weighted by Crippen LogP contribution is 2.01. The number of hydrogen-bond acceptors (Lipinski definition) is 5. The van der Waals surface area contributed by atoms with Crippen molar-refractivity contribution in [3.05, 3.63) is 24.2 Å². The standard InChI is InChI=1S/C14H24N2O4/c1-3-6-15-14(18)11(2)16-8-12(17)9-19-10-13-5-4-7-20-13/h4-5,7,11-12,16-17H,3,6,8-10H2,1-2H3,(H,15,18). The molecule has 0 radical (unpaired) electrons. The van der Waals surface area contributed by atoms with Crippen LogP contribution < -0.4 is 10.6 Å². The van der Waals surface area contributed by atoms with E-state index in [0.29, 0.717) is 19.7 Å². The van der Waals surface area contributed by atoms with Gasteiger partial charge in [-0.15, -0.1) is 0 Å². The monoisotopic (exact) mass is 284 g/mol. The van der Waals surface area contributed by atoms with Gasteiger partial charge in [0.25, 0.3) is 0 Å². The van der Waals surface area contributed by atoms with Crippen LogP contribution in [-0.4, -0.2) is 42.9 Å². The molecule has 0 aliphatic rings. The Morgan fingerprint density at radius 3 is 3.00 bits per heavy atom. The van der Waals surface area contributed by atoms with Crippen LogP contribution in [0.4, 0.5) is 0 Å². The van der Waals surface area contributed by atoms with Gasteiger partial charge in [-0.1, -0.05) is 6.92 Å². The van der Waals surface area contributed by atoms with Gasteiger partial charge in [0.15, 0.2) is 0 Å². The molecule has 6 nitrogen and oxygen atoms in total. The van der Waals surface area contributed by atoms with Crippen molar-refractivity contribution in [3.8, 4) is 0 Å². The van der Waals surface area contributed by atoms with E-state index < -0.39 is 6.10 Å². The number of aliphatic hydroxyl groups excluding tert-OH is 1. The summed E-state index contributed by atoms with van der Waals surface area (Å²) in [6, 6.07) is 3.26. The lowest BCUT2D eigenvalue weighted by atomic mass is 10.2. The van der Waals surface area contributed by atoms with Gasteiger partial charge in [0, 0.05) is 13.1 Å². The lowest BCUT2D eigenvalue weighted by molar-refractivity contribution is -0.122. The summed E-state index contributed by atoms with van der Waals surface area (Å²) in [7, 11) is 0. The van der Waals surface area contributed by atoms with E-state index >= 15 is 0 Å². The van der Waals surface area contributed by atoms with Crippen molar-refractivity contribution >= 4 is 5.91 Å². The normalized spacial score (nSPS) is 13.9. The second-order valence-electron chi connectivity index (χ2n) is 4.67. The van der Waals surface area contributed by atoms with Gasteiger partial charge in [0.1, 0.15) is 12.4 Å². The van der Waals surface area contributed by atoms with Gasteiger partial charge >= 0.3 is 0 Å². The molecule has 0 aliphatic heterocycles. The summed E-state index contributed by atoms with van der Waals surface area (Å²) >= 11 is 0. The molecule has 3 N–H and O–H groups in total. The lowest BCUT2D eigenvalue weighted by Crippen LogP contribution is -2.45. The average molecular weight is 284 g/mol. The summed E-state index contributed by atoms with van der Waals surface area (Å²) in [6.45, 7) is 5.26.